The second kappa shape index (κ2) is 6.98. The first-order chi connectivity index (χ1) is 8.81. The number of benzene rings is 1. The Balaban J connectivity index is 2.68. The molecule has 0 saturated carbocycles. The Kier molecular flexibility index (Phi) is 5.91. The SMILES string of the molecule is CC(O)CN(C)C(=O)NC(C)c1ccc(Cl)cc1Cl. The van der Waals surface area contributed by atoms with Crippen LogP contribution in [0.5, 0.6) is 0 Å². The molecular weight excluding hydrogens is 287 g/mol. The van der Waals surface area contributed by atoms with Crippen LogP contribution in [0.1, 0.15) is 25.5 Å². The van der Waals surface area contributed by atoms with Gasteiger partial charge in [-0.3, -0.25) is 0 Å². The molecule has 1 aromatic rings. The van der Waals surface area contributed by atoms with Gasteiger partial charge in [0.25, 0.3) is 0 Å². The number of hydrogen-bond donors (Lipinski definition) is 2. The number of likely N-dealkylation sites (N-methyl/N-ethyl adjacent to an activating group) is 1. The van der Waals surface area contributed by atoms with Gasteiger partial charge in [0, 0.05) is 23.6 Å². The van der Waals surface area contributed by atoms with Gasteiger partial charge in [-0.05, 0) is 31.5 Å². The maximum Gasteiger partial charge on any atom is 0.317 e. The van der Waals surface area contributed by atoms with Crippen LogP contribution in [-0.2, 0) is 0 Å². The first kappa shape index (κ1) is 16.1. The minimum Gasteiger partial charge on any atom is -0.392 e. The summed E-state index contributed by atoms with van der Waals surface area (Å²) in [4.78, 5) is 13.3. The topological polar surface area (TPSA) is 52.6 Å². The van der Waals surface area contributed by atoms with Crippen molar-refractivity contribution in [2.24, 2.45) is 0 Å². The fourth-order valence-corrected chi connectivity index (χ4v) is 2.28. The standard InChI is InChI=1S/C13H18Cl2N2O2/c1-8(18)7-17(3)13(19)16-9(2)11-5-4-10(14)6-12(11)15/h4-6,8-9,18H,7H2,1-3H3,(H,16,19). The number of aliphatic hydroxyl groups excluding tert-OH is 1. The van der Waals surface area contributed by atoms with Crippen molar-refractivity contribution in [3.05, 3.63) is 33.8 Å². The smallest absolute Gasteiger partial charge is 0.317 e. The molecule has 2 unspecified atom stereocenters. The van der Waals surface area contributed by atoms with Crippen LogP contribution in [0.25, 0.3) is 0 Å². The van der Waals surface area contributed by atoms with Crippen LogP contribution in [-0.4, -0.2) is 35.7 Å². The molecule has 0 fully saturated rings. The van der Waals surface area contributed by atoms with Crippen LogP contribution in [0.2, 0.25) is 10.0 Å². The van der Waals surface area contributed by atoms with Gasteiger partial charge >= 0.3 is 6.03 Å². The second-order valence-corrected chi connectivity index (χ2v) is 5.41. The zero-order chi connectivity index (χ0) is 14.6. The molecule has 2 atom stereocenters. The van der Waals surface area contributed by atoms with Crippen molar-refractivity contribution >= 4 is 29.2 Å². The van der Waals surface area contributed by atoms with Gasteiger partial charge < -0.3 is 15.3 Å². The van der Waals surface area contributed by atoms with Crippen LogP contribution in [0.3, 0.4) is 0 Å². The predicted octanol–water partition coefficient (Wildman–Crippen LogP) is 3.08. The summed E-state index contributed by atoms with van der Waals surface area (Å²) in [5.41, 5.74) is 0.796. The van der Waals surface area contributed by atoms with E-state index in [9.17, 15) is 9.90 Å². The van der Waals surface area contributed by atoms with E-state index in [0.29, 0.717) is 10.0 Å². The minimum absolute atomic E-state index is 0.242. The first-order valence-corrected chi connectivity index (χ1v) is 6.71. The van der Waals surface area contributed by atoms with E-state index in [1.54, 1.807) is 32.2 Å². The molecule has 2 N–H and O–H groups in total. The van der Waals surface area contributed by atoms with Gasteiger partial charge in [-0.2, -0.15) is 0 Å². The maximum absolute atomic E-state index is 11.9. The average molecular weight is 305 g/mol. The molecule has 6 heteroatoms. The number of nitrogens with zero attached hydrogens (tertiary/aromatic N) is 1. The first-order valence-electron chi connectivity index (χ1n) is 5.96. The third-order valence-electron chi connectivity index (χ3n) is 2.65. The van der Waals surface area contributed by atoms with Crippen molar-refractivity contribution in [1.29, 1.82) is 0 Å². The number of hydrogen-bond acceptors (Lipinski definition) is 2. The van der Waals surface area contributed by atoms with E-state index in [0.717, 1.165) is 5.56 Å². The lowest BCUT2D eigenvalue weighted by Gasteiger charge is -2.23. The largest absolute Gasteiger partial charge is 0.392 e. The molecule has 0 bridgehead atoms. The average Bonchev–Trinajstić information content (AvgIpc) is 2.27. The highest BCUT2D eigenvalue weighted by molar-refractivity contribution is 6.35. The number of aliphatic hydroxyl groups is 1. The van der Waals surface area contributed by atoms with Crippen molar-refractivity contribution in [3.8, 4) is 0 Å². The molecular formula is C13H18Cl2N2O2. The predicted molar refractivity (Wildman–Crippen MR) is 77.7 cm³/mol. The summed E-state index contributed by atoms with van der Waals surface area (Å²) in [6, 6.07) is 4.64. The maximum atomic E-state index is 11.9. The number of carbonyl (C=O) groups is 1. The lowest BCUT2D eigenvalue weighted by Crippen LogP contribution is -2.41. The van der Waals surface area contributed by atoms with Crippen LogP contribution in [0.4, 0.5) is 4.79 Å². The van der Waals surface area contributed by atoms with Gasteiger partial charge in [-0.25, -0.2) is 4.79 Å². The summed E-state index contributed by atoms with van der Waals surface area (Å²) in [6.07, 6.45) is -0.565. The molecule has 1 aromatic carbocycles. The van der Waals surface area contributed by atoms with E-state index in [4.69, 9.17) is 23.2 Å². The molecule has 0 aliphatic rings. The Morgan fingerprint density at radius 2 is 2.05 bits per heavy atom. The third kappa shape index (κ3) is 4.90. The Morgan fingerprint density at radius 1 is 1.42 bits per heavy atom. The molecule has 0 saturated heterocycles. The highest BCUT2D eigenvalue weighted by Gasteiger charge is 2.16. The normalized spacial score (nSPS) is 13.8. The number of halogens is 2. The summed E-state index contributed by atoms with van der Waals surface area (Å²) < 4.78 is 0. The molecule has 0 aromatic heterocycles. The van der Waals surface area contributed by atoms with E-state index in [2.05, 4.69) is 5.32 Å². The quantitative estimate of drug-likeness (QED) is 0.898. The summed E-state index contributed by atoms with van der Waals surface area (Å²) >= 11 is 11.9. The Hall–Kier alpha value is -0.970. The molecule has 2 amide bonds. The van der Waals surface area contributed by atoms with Gasteiger partial charge in [-0.1, -0.05) is 29.3 Å². The fourth-order valence-electron chi connectivity index (χ4n) is 1.71. The van der Waals surface area contributed by atoms with Gasteiger partial charge in [0.15, 0.2) is 0 Å². The van der Waals surface area contributed by atoms with E-state index >= 15 is 0 Å². The van der Waals surface area contributed by atoms with E-state index < -0.39 is 6.10 Å². The highest BCUT2D eigenvalue weighted by Crippen LogP contribution is 2.26. The summed E-state index contributed by atoms with van der Waals surface area (Å²) in [7, 11) is 1.62. The van der Waals surface area contributed by atoms with Crippen molar-refractivity contribution in [1.82, 2.24) is 10.2 Å². The lowest BCUT2D eigenvalue weighted by atomic mass is 10.1. The zero-order valence-corrected chi connectivity index (χ0v) is 12.7. The van der Waals surface area contributed by atoms with Crippen LogP contribution < -0.4 is 5.32 Å². The van der Waals surface area contributed by atoms with Crippen molar-refractivity contribution < 1.29 is 9.90 Å². The van der Waals surface area contributed by atoms with Gasteiger partial charge in [0.1, 0.15) is 0 Å². The molecule has 19 heavy (non-hydrogen) atoms. The number of rotatable bonds is 4. The fraction of sp³-hybridized carbons (Fsp3) is 0.462. The number of urea groups is 1. The Morgan fingerprint density at radius 3 is 2.58 bits per heavy atom. The van der Waals surface area contributed by atoms with Crippen LogP contribution in [0.15, 0.2) is 18.2 Å². The minimum atomic E-state index is -0.565. The van der Waals surface area contributed by atoms with Gasteiger partial charge in [-0.15, -0.1) is 0 Å². The second-order valence-electron chi connectivity index (χ2n) is 4.57. The molecule has 106 valence electrons. The zero-order valence-electron chi connectivity index (χ0n) is 11.2. The van der Waals surface area contributed by atoms with Crippen molar-refractivity contribution in [2.75, 3.05) is 13.6 Å². The number of carbonyl (C=O) groups excluding carboxylic acids is 1. The molecule has 4 nitrogen and oxygen atoms in total. The lowest BCUT2D eigenvalue weighted by molar-refractivity contribution is 0.142. The number of nitrogens with one attached hydrogen (secondary N) is 1. The molecule has 0 spiro atoms. The summed E-state index contributed by atoms with van der Waals surface area (Å²) in [5, 5.41) is 13.1. The monoisotopic (exact) mass is 304 g/mol. The number of amides is 2. The highest BCUT2D eigenvalue weighted by atomic mass is 35.5. The van der Waals surface area contributed by atoms with Gasteiger partial charge in [0.05, 0.1) is 12.1 Å². The van der Waals surface area contributed by atoms with E-state index in [1.165, 1.54) is 4.90 Å². The molecule has 1 rings (SSSR count). The third-order valence-corrected chi connectivity index (χ3v) is 3.22. The summed E-state index contributed by atoms with van der Waals surface area (Å²) in [6.45, 7) is 3.74. The summed E-state index contributed by atoms with van der Waals surface area (Å²) in [5.74, 6) is 0. The van der Waals surface area contributed by atoms with Crippen molar-refractivity contribution in [3.63, 3.8) is 0 Å². The van der Waals surface area contributed by atoms with Crippen LogP contribution >= 0.6 is 23.2 Å². The molecule has 0 aliphatic heterocycles. The Labute approximate surface area is 123 Å². The van der Waals surface area contributed by atoms with E-state index in [1.807, 2.05) is 6.92 Å². The molecule has 0 aliphatic carbocycles. The van der Waals surface area contributed by atoms with Gasteiger partial charge in [0.2, 0.25) is 0 Å². The molecule has 0 radical (unpaired) electrons. The van der Waals surface area contributed by atoms with E-state index in [-0.39, 0.29) is 18.6 Å². The van der Waals surface area contributed by atoms with Crippen LogP contribution in [0, 0.1) is 0 Å². The van der Waals surface area contributed by atoms with Crippen molar-refractivity contribution in [2.45, 2.75) is 26.0 Å². The Bertz CT molecular complexity index is 452. The molecule has 0 heterocycles.